The van der Waals surface area contributed by atoms with Crippen LogP contribution in [0.25, 0.3) is 0 Å². The van der Waals surface area contributed by atoms with E-state index in [-0.39, 0.29) is 18.4 Å². The molecule has 128 valence electrons. The molecule has 2 rings (SSSR count). The summed E-state index contributed by atoms with van der Waals surface area (Å²) in [6.45, 7) is 7.03. The molecule has 0 aliphatic rings. The van der Waals surface area contributed by atoms with Gasteiger partial charge in [-0.1, -0.05) is 19.9 Å². The Balaban J connectivity index is 2.04. The number of amides is 1. The summed E-state index contributed by atoms with van der Waals surface area (Å²) in [7, 11) is 0. The van der Waals surface area contributed by atoms with E-state index in [1.165, 1.54) is 4.88 Å². The summed E-state index contributed by atoms with van der Waals surface area (Å²) in [5, 5.41) is 14.2. The minimum Gasteiger partial charge on any atom is -0.468 e. The highest BCUT2D eigenvalue weighted by atomic mass is 32.1. The van der Waals surface area contributed by atoms with Crippen molar-refractivity contribution in [3.05, 3.63) is 46.5 Å². The fourth-order valence-corrected chi connectivity index (χ4v) is 2.99. The van der Waals surface area contributed by atoms with Crippen molar-refractivity contribution in [2.24, 2.45) is 5.92 Å². The molecule has 1 amide bonds. The van der Waals surface area contributed by atoms with E-state index in [1.807, 2.05) is 48.4 Å². The molecule has 1 N–H and O–H groups in total. The molecule has 6 heteroatoms. The fourth-order valence-electron chi connectivity index (χ4n) is 2.25. The zero-order valence-corrected chi connectivity index (χ0v) is 15.1. The summed E-state index contributed by atoms with van der Waals surface area (Å²) in [5.41, 5.74) is -0.865. The van der Waals surface area contributed by atoms with Crippen molar-refractivity contribution in [1.82, 2.24) is 10.2 Å². The molecule has 0 unspecified atom stereocenters. The average molecular weight is 345 g/mol. The fraction of sp³-hybridized carbons (Fsp3) is 0.444. The van der Waals surface area contributed by atoms with Crippen molar-refractivity contribution < 1.29 is 9.21 Å². The Morgan fingerprint density at radius 3 is 2.75 bits per heavy atom. The van der Waals surface area contributed by atoms with Gasteiger partial charge in [-0.2, -0.15) is 5.26 Å². The van der Waals surface area contributed by atoms with Gasteiger partial charge < -0.3 is 9.73 Å². The van der Waals surface area contributed by atoms with Crippen LogP contribution in [0.5, 0.6) is 0 Å². The Morgan fingerprint density at radius 1 is 1.42 bits per heavy atom. The lowest BCUT2D eigenvalue weighted by Crippen LogP contribution is -2.51. The van der Waals surface area contributed by atoms with Gasteiger partial charge in [0.2, 0.25) is 5.91 Å². The normalized spacial score (nSPS) is 13.7. The Morgan fingerprint density at radius 2 is 2.21 bits per heavy atom. The second-order valence-electron chi connectivity index (χ2n) is 6.32. The maximum absolute atomic E-state index is 12.5. The number of nitrogens with one attached hydrogen (secondary N) is 1. The second-order valence-corrected chi connectivity index (χ2v) is 7.35. The van der Waals surface area contributed by atoms with Gasteiger partial charge in [0.05, 0.1) is 25.4 Å². The lowest BCUT2D eigenvalue weighted by molar-refractivity contribution is -0.124. The van der Waals surface area contributed by atoms with Crippen LogP contribution in [0.4, 0.5) is 0 Å². The number of hydrogen-bond acceptors (Lipinski definition) is 5. The lowest BCUT2D eigenvalue weighted by Gasteiger charge is -2.29. The van der Waals surface area contributed by atoms with Crippen molar-refractivity contribution >= 4 is 17.2 Å². The van der Waals surface area contributed by atoms with Gasteiger partial charge in [0.15, 0.2) is 0 Å². The van der Waals surface area contributed by atoms with E-state index >= 15 is 0 Å². The summed E-state index contributed by atoms with van der Waals surface area (Å²) >= 11 is 1.66. The zero-order chi connectivity index (χ0) is 17.6. The van der Waals surface area contributed by atoms with Gasteiger partial charge in [0, 0.05) is 11.4 Å². The minimum atomic E-state index is -0.865. The van der Waals surface area contributed by atoms with Crippen LogP contribution < -0.4 is 5.32 Å². The minimum absolute atomic E-state index is 0.0299. The third kappa shape index (κ3) is 4.95. The van der Waals surface area contributed by atoms with Gasteiger partial charge >= 0.3 is 0 Å². The predicted octanol–water partition coefficient (Wildman–Crippen LogP) is 3.40. The van der Waals surface area contributed by atoms with E-state index in [0.29, 0.717) is 13.1 Å². The highest BCUT2D eigenvalue weighted by molar-refractivity contribution is 7.09. The number of rotatable bonds is 8. The molecule has 0 aliphatic carbocycles. The number of furan rings is 1. The monoisotopic (exact) mass is 345 g/mol. The van der Waals surface area contributed by atoms with Gasteiger partial charge in [0.25, 0.3) is 0 Å². The summed E-state index contributed by atoms with van der Waals surface area (Å²) in [6, 6.07) is 9.98. The van der Waals surface area contributed by atoms with Crippen molar-refractivity contribution in [2.75, 3.05) is 6.54 Å². The Bertz CT molecular complexity index is 637. The van der Waals surface area contributed by atoms with E-state index in [1.54, 1.807) is 24.5 Å². The smallest absolute Gasteiger partial charge is 0.235 e. The maximum Gasteiger partial charge on any atom is 0.235 e. The molecule has 24 heavy (non-hydrogen) atoms. The first kappa shape index (κ1) is 18.2. The molecule has 0 fully saturated rings. The summed E-state index contributed by atoms with van der Waals surface area (Å²) < 4.78 is 5.40. The van der Waals surface area contributed by atoms with Crippen LogP contribution in [0.3, 0.4) is 0 Å². The van der Waals surface area contributed by atoms with Crippen LogP contribution in [0, 0.1) is 17.2 Å². The number of nitriles is 1. The van der Waals surface area contributed by atoms with E-state index < -0.39 is 5.54 Å². The van der Waals surface area contributed by atoms with Crippen LogP contribution >= 0.6 is 11.3 Å². The molecule has 0 radical (unpaired) electrons. The summed E-state index contributed by atoms with van der Waals surface area (Å²) in [5.74, 6) is 0.685. The quantitative estimate of drug-likeness (QED) is 0.796. The number of thiophene rings is 1. The van der Waals surface area contributed by atoms with Crippen LogP contribution in [-0.4, -0.2) is 22.9 Å². The number of hydrogen-bond donors (Lipinski definition) is 1. The number of carbonyl (C=O) groups is 1. The molecule has 0 aromatic carbocycles. The summed E-state index contributed by atoms with van der Waals surface area (Å²) in [6.07, 6.45) is 1.63. The van der Waals surface area contributed by atoms with Crippen LogP contribution in [0.1, 0.15) is 31.4 Å². The first-order chi connectivity index (χ1) is 11.4. The first-order valence-electron chi connectivity index (χ1n) is 7.92. The number of nitrogens with zero attached hydrogens (tertiary/aromatic N) is 2. The van der Waals surface area contributed by atoms with Crippen LogP contribution in [0.15, 0.2) is 40.3 Å². The molecule has 0 aliphatic heterocycles. The Labute approximate surface area is 146 Å². The molecule has 1 atom stereocenters. The van der Waals surface area contributed by atoms with Crippen molar-refractivity contribution in [3.8, 4) is 6.07 Å². The van der Waals surface area contributed by atoms with Crippen molar-refractivity contribution in [2.45, 2.75) is 39.4 Å². The highest BCUT2D eigenvalue weighted by Crippen LogP contribution is 2.17. The molecule has 0 bridgehead atoms. The second kappa shape index (κ2) is 8.13. The standard InChI is InChI=1S/C18H23N3O2S/c1-14(2)18(3,13-19)20-17(22)12-21(10-15-6-4-8-23-15)11-16-7-5-9-24-16/h4-9,14H,10-12H2,1-3H3,(H,20,22)/t18-/m0/s1. The third-order valence-corrected chi connectivity index (χ3v) is 4.93. The topological polar surface area (TPSA) is 69.3 Å². The van der Waals surface area contributed by atoms with Gasteiger partial charge in [-0.05, 0) is 36.4 Å². The molecule has 0 saturated carbocycles. The number of carbonyl (C=O) groups excluding carboxylic acids is 1. The molecule has 0 spiro atoms. The van der Waals surface area contributed by atoms with Crippen LogP contribution in [-0.2, 0) is 17.9 Å². The molecular weight excluding hydrogens is 322 g/mol. The molecule has 2 aromatic rings. The molecule has 0 saturated heterocycles. The Hall–Kier alpha value is -2.10. The van der Waals surface area contributed by atoms with Crippen molar-refractivity contribution in [3.63, 3.8) is 0 Å². The van der Waals surface area contributed by atoms with Gasteiger partial charge in [-0.25, -0.2) is 0 Å². The van der Waals surface area contributed by atoms with Gasteiger partial charge in [-0.15, -0.1) is 11.3 Å². The molecule has 2 aromatic heterocycles. The Kier molecular flexibility index (Phi) is 6.18. The first-order valence-corrected chi connectivity index (χ1v) is 8.80. The maximum atomic E-state index is 12.5. The third-order valence-electron chi connectivity index (χ3n) is 4.07. The highest BCUT2D eigenvalue weighted by Gasteiger charge is 2.30. The SMILES string of the molecule is CC(C)[C@](C)(C#N)NC(=O)CN(Cc1ccco1)Cc1cccs1. The van der Waals surface area contributed by atoms with E-state index in [2.05, 4.69) is 11.4 Å². The predicted molar refractivity (Wildman–Crippen MR) is 94.1 cm³/mol. The van der Waals surface area contributed by atoms with Crippen LogP contribution in [0.2, 0.25) is 0 Å². The van der Waals surface area contributed by atoms with Gasteiger partial charge in [0.1, 0.15) is 11.3 Å². The zero-order valence-electron chi connectivity index (χ0n) is 14.3. The van der Waals surface area contributed by atoms with E-state index in [9.17, 15) is 10.1 Å². The average Bonchev–Trinajstić information content (AvgIpc) is 3.20. The van der Waals surface area contributed by atoms with E-state index in [0.717, 1.165) is 5.76 Å². The molecule has 5 nitrogen and oxygen atoms in total. The summed E-state index contributed by atoms with van der Waals surface area (Å²) in [4.78, 5) is 15.7. The lowest BCUT2D eigenvalue weighted by atomic mass is 9.90. The molecular formula is C18H23N3O2S. The van der Waals surface area contributed by atoms with E-state index in [4.69, 9.17) is 4.42 Å². The van der Waals surface area contributed by atoms with Gasteiger partial charge in [-0.3, -0.25) is 9.69 Å². The molecule has 2 heterocycles. The largest absolute Gasteiger partial charge is 0.468 e. The van der Waals surface area contributed by atoms with Crippen molar-refractivity contribution in [1.29, 1.82) is 5.26 Å².